The normalized spacial score (nSPS) is 11.9. The number of nitrogens with one attached hydrogen (secondary N) is 1. The number of hydrogen-bond acceptors (Lipinski definition) is 9. The third-order valence-corrected chi connectivity index (χ3v) is 5.77. The lowest BCUT2D eigenvalue weighted by atomic mass is 10.2. The molecule has 28 heavy (non-hydrogen) atoms. The van der Waals surface area contributed by atoms with Crippen molar-refractivity contribution in [2.45, 2.75) is 24.3 Å². The zero-order valence-electron chi connectivity index (χ0n) is 16.1. The van der Waals surface area contributed by atoms with E-state index in [4.69, 9.17) is 9.47 Å². The maximum Gasteiger partial charge on any atom is 0.239 e. The average Bonchev–Trinajstić information content (AvgIpc) is 3.26. The fourth-order valence-electron chi connectivity index (χ4n) is 2.41. The number of hydrogen-bond donors (Lipinski definition) is 1. The Labute approximate surface area is 170 Å². The van der Waals surface area contributed by atoms with E-state index in [0.29, 0.717) is 27.6 Å². The first-order valence-corrected chi connectivity index (χ1v) is 10.0. The van der Waals surface area contributed by atoms with E-state index in [1.165, 1.54) is 23.1 Å². The summed E-state index contributed by atoms with van der Waals surface area (Å²) in [5.41, 5.74) is 0.834. The molecule has 2 aromatic heterocycles. The Morgan fingerprint density at radius 2 is 1.93 bits per heavy atom. The third-order valence-electron chi connectivity index (χ3n) is 3.88. The summed E-state index contributed by atoms with van der Waals surface area (Å²) in [4.78, 5) is 12.4. The molecular formula is C17H20N6O3S2. The van der Waals surface area contributed by atoms with E-state index in [9.17, 15) is 4.79 Å². The Kier molecular flexibility index (Phi) is 6.15. The summed E-state index contributed by atoms with van der Waals surface area (Å²) < 4.78 is 12.5. The first kappa shape index (κ1) is 20.1. The van der Waals surface area contributed by atoms with Gasteiger partial charge in [-0.1, -0.05) is 23.1 Å². The van der Waals surface area contributed by atoms with Gasteiger partial charge in [0.25, 0.3) is 0 Å². The number of aryl methyl sites for hydroxylation is 1. The lowest BCUT2D eigenvalue weighted by Gasteiger charge is -2.11. The quantitative estimate of drug-likeness (QED) is 0.582. The topological polar surface area (TPSA) is 104 Å². The maximum absolute atomic E-state index is 12.4. The number of nitrogens with zero attached hydrogens (tertiary/aromatic N) is 5. The number of carbonyl (C=O) groups is 1. The summed E-state index contributed by atoms with van der Waals surface area (Å²) >= 11 is 2.65. The van der Waals surface area contributed by atoms with Gasteiger partial charge in [0.2, 0.25) is 11.0 Å². The van der Waals surface area contributed by atoms with Crippen molar-refractivity contribution in [1.82, 2.24) is 25.0 Å². The van der Waals surface area contributed by atoms with Crippen molar-refractivity contribution in [2.24, 2.45) is 7.05 Å². The molecule has 3 rings (SSSR count). The van der Waals surface area contributed by atoms with Crippen molar-refractivity contribution in [3.63, 3.8) is 0 Å². The van der Waals surface area contributed by atoms with Crippen LogP contribution in [-0.4, -0.2) is 50.3 Å². The second-order valence-corrected chi connectivity index (χ2v) is 8.30. The van der Waals surface area contributed by atoms with Crippen LogP contribution in [0.15, 0.2) is 23.4 Å². The smallest absolute Gasteiger partial charge is 0.239 e. The molecule has 0 aliphatic heterocycles. The minimum Gasteiger partial charge on any atom is -0.493 e. The number of amides is 1. The third kappa shape index (κ3) is 4.25. The summed E-state index contributed by atoms with van der Waals surface area (Å²) in [6.45, 7) is 3.64. The SMILES string of the molecule is COc1ccc(-c2nnc(S[C@@H](C)C(=O)Nc3nnc(C)s3)n2C)cc1OC. The number of carbonyl (C=O) groups excluding carboxylic acids is 1. The van der Waals surface area contributed by atoms with Crippen molar-refractivity contribution in [3.8, 4) is 22.9 Å². The van der Waals surface area contributed by atoms with Crippen molar-refractivity contribution in [1.29, 1.82) is 0 Å². The van der Waals surface area contributed by atoms with Crippen LogP contribution < -0.4 is 14.8 Å². The average molecular weight is 421 g/mol. The Bertz CT molecular complexity index is 987. The van der Waals surface area contributed by atoms with Gasteiger partial charge < -0.3 is 14.0 Å². The molecule has 0 saturated heterocycles. The summed E-state index contributed by atoms with van der Waals surface area (Å²) in [5.74, 6) is 1.74. The number of benzene rings is 1. The van der Waals surface area contributed by atoms with Gasteiger partial charge in [-0.25, -0.2) is 0 Å². The molecule has 148 valence electrons. The predicted octanol–water partition coefficient (Wildman–Crippen LogP) is 2.78. The molecule has 0 aliphatic carbocycles. The minimum atomic E-state index is -0.384. The van der Waals surface area contributed by atoms with Gasteiger partial charge in [0, 0.05) is 12.6 Å². The highest BCUT2D eigenvalue weighted by Gasteiger charge is 2.21. The number of methoxy groups -OCH3 is 2. The monoisotopic (exact) mass is 420 g/mol. The van der Waals surface area contributed by atoms with Gasteiger partial charge >= 0.3 is 0 Å². The summed E-state index contributed by atoms with van der Waals surface area (Å²) in [6, 6.07) is 5.54. The molecule has 11 heteroatoms. The van der Waals surface area contributed by atoms with Crippen LogP contribution in [0.1, 0.15) is 11.9 Å². The molecule has 0 radical (unpaired) electrons. The lowest BCUT2D eigenvalue weighted by Crippen LogP contribution is -2.22. The van der Waals surface area contributed by atoms with Crippen LogP contribution in [0.2, 0.25) is 0 Å². The molecule has 3 aromatic rings. The highest BCUT2D eigenvalue weighted by Crippen LogP contribution is 2.33. The fourth-order valence-corrected chi connectivity index (χ4v) is 3.82. The van der Waals surface area contributed by atoms with E-state index in [1.807, 2.05) is 36.7 Å². The number of rotatable bonds is 7. The van der Waals surface area contributed by atoms with Gasteiger partial charge in [0.05, 0.1) is 19.5 Å². The highest BCUT2D eigenvalue weighted by atomic mass is 32.2. The predicted molar refractivity (Wildman–Crippen MR) is 108 cm³/mol. The zero-order chi connectivity index (χ0) is 20.3. The van der Waals surface area contributed by atoms with Crippen molar-refractivity contribution in [2.75, 3.05) is 19.5 Å². The molecule has 2 heterocycles. The Morgan fingerprint density at radius 1 is 1.18 bits per heavy atom. The van der Waals surface area contributed by atoms with Crippen LogP contribution in [0.5, 0.6) is 11.5 Å². The molecule has 0 spiro atoms. The summed E-state index contributed by atoms with van der Waals surface area (Å²) in [7, 11) is 5.02. The molecule has 0 fully saturated rings. The minimum absolute atomic E-state index is 0.170. The summed E-state index contributed by atoms with van der Waals surface area (Å²) in [6.07, 6.45) is 0. The van der Waals surface area contributed by atoms with Gasteiger partial charge in [-0.05, 0) is 32.0 Å². The van der Waals surface area contributed by atoms with E-state index in [-0.39, 0.29) is 11.2 Å². The molecule has 0 aliphatic rings. The van der Waals surface area contributed by atoms with Crippen molar-refractivity contribution in [3.05, 3.63) is 23.2 Å². The van der Waals surface area contributed by atoms with Crippen LogP contribution in [0.3, 0.4) is 0 Å². The van der Waals surface area contributed by atoms with Crippen LogP contribution in [0.25, 0.3) is 11.4 Å². The van der Waals surface area contributed by atoms with Crippen molar-refractivity contribution < 1.29 is 14.3 Å². The lowest BCUT2D eigenvalue weighted by molar-refractivity contribution is -0.115. The molecule has 1 amide bonds. The van der Waals surface area contributed by atoms with E-state index < -0.39 is 0 Å². The summed E-state index contributed by atoms with van der Waals surface area (Å²) in [5, 5.41) is 20.6. The first-order valence-electron chi connectivity index (χ1n) is 8.32. The molecule has 0 saturated carbocycles. The molecule has 1 atom stereocenters. The van der Waals surface area contributed by atoms with E-state index >= 15 is 0 Å². The maximum atomic E-state index is 12.4. The fraction of sp³-hybridized carbons (Fsp3) is 0.353. The molecule has 1 N–H and O–H groups in total. The Morgan fingerprint density at radius 3 is 2.57 bits per heavy atom. The van der Waals surface area contributed by atoms with Gasteiger partial charge in [-0.3, -0.25) is 10.1 Å². The highest BCUT2D eigenvalue weighted by molar-refractivity contribution is 8.00. The van der Waals surface area contributed by atoms with Crippen LogP contribution >= 0.6 is 23.1 Å². The Hall–Kier alpha value is -2.66. The molecule has 0 unspecified atom stereocenters. The van der Waals surface area contributed by atoms with E-state index in [1.54, 1.807) is 21.1 Å². The van der Waals surface area contributed by atoms with Gasteiger partial charge in [-0.2, -0.15) is 0 Å². The molecule has 1 aromatic carbocycles. The second-order valence-electron chi connectivity index (χ2n) is 5.81. The molecular weight excluding hydrogens is 400 g/mol. The number of aromatic nitrogens is 5. The zero-order valence-corrected chi connectivity index (χ0v) is 17.7. The first-order chi connectivity index (χ1) is 13.4. The molecule has 9 nitrogen and oxygen atoms in total. The Balaban J connectivity index is 1.74. The van der Waals surface area contributed by atoms with Gasteiger partial charge in [-0.15, -0.1) is 20.4 Å². The number of thioether (sulfide) groups is 1. The second kappa shape index (κ2) is 8.57. The number of ether oxygens (including phenoxy) is 2. The van der Waals surface area contributed by atoms with Crippen molar-refractivity contribution >= 4 is 34.1 Å². The van der Waals surface area contributed by atoms with Gasteiger partial charge in [0.1, 0.15) is 5.01 Å². The van der Waals surface area contributed by atoms with E-state index in [2.05, 4.69) is 25.7 Å². The standard InChI is InChI=1S/C17H20N6O3S2/c1-9(15(24)18-16-21-19-10(2)28-16)27-17-22-20-14(23(17)3)11-6-7-12(25-4)13(8-11)26-5/h6-9H,1-5H3,(H,18,21,24)/t9-/m0/s1. The van der Waals surface area contributed by atoms with Crippen LogP contribution in [-0.2, 0) is 11.8 Å². The van der Waals surface area contributed by atoms with E-state index in [0.717, 1.165) is 10.6 Å². The van der Waals surface area contributed by atoms with Gasteiger partial charge in [0.15, 0.2) is 22.5 Å². The van der Waals surface area contributed by atoms with Crippen LogP contribution in [0, 0.1) is 6.92 Å². The number of anilines is 1. The molecule has 0 bridgehead atoms. The van der Waals surface area contributed by atoms with Crippen LogP contribution in [0.4, 0.5) is 5.13 Å². The largest absolute Gasteiger partial charge is 0.493 e.